The lowest BCUT2D eigenvalue weighted by Gasteiger charge is -2.23. The van der Waals surface area contributed by atoms with Crippen molar-refractivity contribution >= 4 is 26.6 Å². The molecule has 1 saturated heterocycles. The summed E-state index contributed by atoms with van der Waals surface area (Å²) in [6.45, 7) is 4.12. The van der Waals surface area contributed by atoms with Crippen molar-refractivity contribution in [3.63, 3.8) is 0 Å². The molecule has 1 aromatic heterocycles. The van der Waals surface area contributed by atoms with Crippen LogP contribution in [-0.4, -0.2) is 49.6 Å². The van der Waals surface area contributed by atoms with Crippen molar-refractivity contribution in [1.82, 2.24) is 9.29 Å². The van der Waals surface area contributed by atoms with Gasteiger partial charge < -0.3 is 9.88 Å². The van der Waals surface area contributed by atoms with E-state index >= 15 is 0 Å². The van der Waals surface area contributed by atoms with Crippen LogP contribution in [0.4, 0.5) is 5.69 Å². The maximum atomic E-state index is 11.9. The summed E-state index contributed by atoms with van der Waals surface area (Å²) in [5.74, 6) is 0. The summed E-state index contributed by atoms with van der Waals surface area (Å²) >= 11 is 0. The van der Waals surface area contributed by atoms with Crippen LogP contribution >= 0.6 is 0 Å². The van der Waals surface area contributed by atoms with Crippen LogP contribution in [0.5, 0.6) is 0 Å². The standard InChI is InChI=1S/C15H21N3O2S/c1-12-7-8-17(9-10-18(12)21(2,19)20)15-11-16-14-6-4-3-5-13(14)15/h3-6,11-12,16H,7-10H2,1-2H3. The summed E-state index contributed by atoms with van der Waals surface area (Å²) in [6.07, 6.45) is 4.16. The monoisotopic (exact) mass is 307 g/mol. The third-order valence-electron chi connectivity index (χ3n) is 4.23. The second-order valence-electron chi connectivity index (χ2n) is 5.72. The van der Waals surface area contributed by atoms with Gasteiger partial charge in [0, 0.05) is 42.8 Å². The van der Waals surface area contributed by atoms with Gasteiger partial charge >= 0.3 is 0 Å². The Morgan fingerprint density at radius 2 is 1.95 bits per heavy atom. The van der Waals surface area contributed by atoms with Gasteiger partial charge in [-0.2, -0.15) is 4.31 Å². The number of benzene rings is 1. The Morgan fingerprint density at radius 1 is 1.19 bits per heavy atom. The molecule has 6 heteroatoms. The van der Waals surface area contributed by atoms with Crippen molar-refractivity contribution in [3.05, 3.63) is 30.5 Å². The molecule has 1 aliphatic rings. The molecular formula is C15H21N3O2S. The third kappa shape index (κ3) is 2.78. The molecule has 0 amide bonds. The predicted molar refractivity (Wildman–Crippen MR) is 86.1 cm³/mol. The molecule has 1 atom stereocenters. The van der Waals surface area contributed by atoms with E-state index in [0.717, 1.165) is 30.7 Å². The van der Waals surface area contributed by atoms with Crippen molar-refractivity contribution in [3.8, 4) is 0 Å². The van der Waals surface area contributed by atoms with Crippen LogP contribution in [0.3, 0.4) is 0 Å². The molecule has 1 aromatic carbocycles. The minimum absolute atomic E-state index is 0.0511. The number of aromatic nitrogens is 1. The number of anilines is 1. The van der Waals surface area contributed by atoms with Gasteiger partial charge in [-0.1, -0.05) is 18.2 Å². The van der Waals surface area contributed by atoms with Gasteiger partial charge in [-0.15, -0.1) is 0 Å². The molecule has 0 aliphatic carbocycles. The van der Waals surface area contributed by atoms with E-state index in [2.05, 4.69) is 22.0 Å². The Labute approximate surface area is 125 Å². The van der Waals surface area contributed by atoms with Crippen molar-refractivity contribution in [2.24, 2.45) is 0 Å². The number of aromatic amines is 1. The fourth-order valence-corrected chi connectivity index (χ4v) is 4.26. The number of nitrogens with one attached hydrogen (secondary N) is 1. The normalized spacial score (nSPS) is 21.6. The summed E-state index contributed by atoms with van der Waals surface area (Å²) in [6, 6.07) is 8.25. The van der Waals surface area contributed by atoms with Crippen molar-refractivity contribution in [2.45, 2.75) is 19.4 Å². The fraction of sp³-hybridized carbons (Fsp3) is 0.467. The summed E-state index contributed by atoms with van der Waals surface area (Å²) in [7, 11) is -3.13. The largest absolute Gasteiger partial charge is 0.368 e. The topological polar surface area (TPSA) is 56.4 Å². The van der Waals surface area contributed by atoms with Gasteiger partial charge in [0.25, 0.3) is 0 Å². The molecule has 5 nitrogen and oxygen atoms in total. The zero-order valence-corrected chi connectivity index (χ0v) is 13.2. The Kier molecular flexibility index (Phi) is 3.67. The van der Waals surface area contributed by atoms with E-state index in [1.807, 2.05) is 25.3 Å². The van der Waals surface area contributed by atoms with Gasteiger partial charge in [0.1, 0.15) is 0 Å². The van der Waals surface area contributed by atoms with Gasteiger partial charge in [-0.3, -0.25) is 0 Å². The number of sulfonamides is 1. The van der Waals surface area contributed by atoms with Crippen LogP contribution in [0.2, 0.25) is 0 Å². The van der Waals surface area contributed by atoms with E-state index in [0.29, 0.717) is 6.54 Å². The fourth-order valence-electron chi connectivity index (χ4n) is 3.09. The van der Waals surface area contributed by atoms with Crippen LogP contribution < -0.4 is 4.90 Å². The van der Waals surface area contributed by atoms with Crippen LogP contribution in [0.25, 0.3) is 10.9 Å². The predicted octanol–water partition coefficient (Wildman–Crippen LogP) is 2.03. The summed E-state index contributed by atoms with van der Waals surface area (Å²) in [5.41, 5.74) is 2.28. The number of fused-ring (bicyclic) bond motifs is 1. The molecule has 1 N–H and O–H groups in total. The van der Waals surface area contributed by atoms with Gasteiger partial charge in [0.2, 0.25) is 10.0 Å². The second-order valence-corrected chi connectivity index (χ2v) is 7.65. The second kappa shape index (κ2) is 5.35. The summed E-state index contributed by atoms with van der Waals surface area (Å²) in [5, 5.41) is 1.19. The highest BCUT2D eigenvalue weighted by atomic mass is 32.2. The smallest absolute Gasteiger partial charge is 0.211 e. The van der Waals surface area contributed by atoms with Crippen molar-refractivity contribution in [1.29, 1.82) is 0 Å². The number of nitrogens with zero attached hydrogens (tertiary/aromatic N) is 2. The number of hydrogen-bond donors (Lipinski definition) is 1. The lowest BCUT2D eigenvalue weighted by Crippen LogP contribution is -2.39. The van der Waals surface area contributed by atoms with E-state index in [1.54, 1.807) is 4.31 Å². The van der Waals surface area contributed by atoms with E-state index in [9.17, 15) is 8.42 Å². The molecular weight excluding hydrogens is 286 g/mol. The molecule has 21 heavy (non-hydrogen) atoms. The number of hydrogen-bond acceptors (Lipinski definition) is 3. The lowest BCUT2D eigenvalue weighted by atomic mass is 10.2. The van der Waals surface area contributed by atoms with E-state index in [-0.39, 0.29) is 6.04 Å². The quantitative estimate of drug-likeness (QED) is 0.923. The molecule has 2 heterocycles. The SMILES string of the molecule is CC1CCN(c2c[nH]c3ccccc23)CCN1S(C)(=O)=O. The van der Waals surface area contributed by atoms with Crippen LogP contribution in [0.15, 0.2) is 30.5 Å². The maximum Gasteiger partial charge on any atom is 0.211 e. The Morgan fingerprint density at radius 3 is 2.71 bits per heavy atom. The van der Waals surface area contributed by atoms with Crippen molar-refractivity contribution in [2.75, 3.05) is 30.8 Å². The van der Waals surface area contributed by atoms with Gasteiger partial charge in [0.05, 0.1) is 11.9 Å². The minimum atomic E-state index is -3.13. The third-order valence-corrected chi connectivity index (χ3v) is 5.63. The first-order chi connectivity index (χ1) is 9.97. The molecule has 1 aliphatic heterocycles. The molecule has 1 fully saturated rings. The van der Waals surface area contributed by atoms with Crippen LogP contribution in [0.1, 0.15) is 13.3 Å². The molecule has 3 rings (SSSR count). The molecule has 2 aromatic rings. The van der Waals surface area contributed by atoms with E-state index in [4.69, 9.17) is 0 Å². The zero-order chi connectivity index (χ0) is 15.0. The molecule has 0 spiro atoms. The highest BCUT2D eigenvalue weighted by Crippen LogP contribution is 2.28. The highest BCUT2D eigenvalue weighted by Gasteiger charge is 2.27. The Bertz CT molecular complexity index is 738. The minimum Gasteiger partial charge on any atom is -0.368 e. The average molecular weight is 307 g/mol. The number of rotatable bonds is 2. The highest BCUT2D eigenvalue weighted by molar-refractivity contribution is 7.88. The zero-order valence-electron chi connectivity index (χ0n) is 12.4. The van der Waals surface area contributed by atoms with E-state index in [1.165, 1.54) is 11.6 Å². The van der Waals surface area contributed by atoms with Crippen LogP contribution in [0, 0.1) is 0 Å². The lowest BCUT2D eigenvalue weighted by molar-refractivity contribution is 0.353. The Hall–Kier alpha value is -1.53. The summed E-state index contributed by atoms with van der Waals surface area (Å²) in [4.78, 5) is 5.56. The number of H-pyrrole nitrogens is 1. The molecule has 0 bridgehead atoms. The first kappa shape index (κ1) is 14.4. The summed E-state index contributed by atoms with van der Waals surface area (Å²) < 4.78 is 25.3. The first-order valence-electron chi connectivity index (χ1n) is 7.24. The molecule has 0 radical (unpaired) electrons. The maximum absolute atomic E-state index is 11.9. The van der Waals surface area contributed by atoms with Gasteiger partial charge in [-0.25, -0.2) is 8.42 Å². The average Bonchev–Trinajstić information content (AvgIpc) is 2.75. The van der Waals surface area contributed by atoms with Gasteiger partial charge in [0.15, 0.2) is 0 Å². The number of para-hydroxylation sites is 1. The molecule has 1 unspecified atom stereocenters. The first-order valence-corrected chi connectivity index (χ1v) is 9.09. The molecule has 0 saturated carbocycles. The van der Waals surface area contributed by atoms with Gasteiger partial charge in [-0.05, 0) is 19.4 Å². The van der Waals surface area contributed by atoms with Crippen LogP contribution in [-0.2, 0) is 10.0 Å². The Balaban J connectivity index is 1.88. The van der Waals surface area contributed by atoms with E-state index < -0.39 is 10.0 Å². The van der Waals surface area contributed by atoms with Crippen molar-refractivity contribution < 1.29 is 8.42 Å². The molecule has 114 valence electrons.